The molecule has 0 atom stereocenters. The molecule has 120 valence electrons. The molecule has 1 aromatic heterocycles. The Labute approximate surface area is 145 Å². The zero-order valence-corrected chi connectivity index (χ0v) is 13.7. The van der Waals surface area contributed by atoms with E-state index in [1.807, 2.05) is 24.3 Å². The monoisotopic (exact) mass is 338 g/mol. The Morgan fingerprint density at radius 3 is 2.42 bits per heavy atom. The molecular weight excluding hydrogens is 324 g/mol. The average Bonchev–Trinajstić information content (AvgIpc) is 2.63. The zero-order valence-electron chi connectivity index (χ0n) is 13.0. The molecular formula is C19H15ClN2O2. The Kier molecular flexibility index (Phi) is 4.77. The maximum absolute atomic E-state index is 12.3. The lowest BCUT2D eigenvalue weighted by atomic mass is 10.1. The summed E-state index contributed by atoms with van der Waals surface area (Å²) in [6.45, 7) is 0. The van der Waals surface area contributed by atoms with Gasteiger partial charge in [0.1, 0.15) is 11.4 Å². The van der Waals surface area contributed by atoms with Crippen molar-refractivity contribution in [1.29, 1.82) is 0 Å². The lowest BCUT2D eigenvalue weighted by Gasteiger charge is -2.08. The number of hydrogen-bond donors (Lipinski definition) is 1. The van der Waals surface area contributed by atoms with Crippen molar-refractivity contribution in [1.82, 2.24) is 4.98 Å². The van der Waals surface area contributed by atoms with Crippen molar-refractivity contribution in [3.63, 3.8) is 0 Å². The third-order valence-electron chi connectivity index (χ3n) is 3.51. The van der Waals surface area contributed by atoms with Crippen LogP contribution in [0.1, 0.15) is 10.4 Å². The second-order valence-electron chi connectivity index (χ2n) is 5.09. The van der Waals surface area contributed by atoms with Gasteiger partial charge in [0.25, 0.3) is 5.91 Å². The Morgan fingerprint density at radius 1 is 1.04 bits per heavy atom. The molecule has 0 bridgehead atoms. The summed E-state index contributed by atoms with van der Waals surface area (Å²) in [5.74, 6) is 0.507. The van der Waals surface area contributed by atoms with Crippen LogP contribution in [0, 0.1) is 0 Å². The summed E-state index contributed by atoms with van der Waals surface area (Å²) in [5.41, 5.74) is 2.88. The smallest absolute Gasteiger partial charge is 0.255 e. The number of ether oxygens (including phenoxy) is 1. The normalized spacial score (nSPS) is 10.2. The molecule has 1 heterocycles. The standard InChI is InChI=1S/C19H15ClN2O2/c1-24-17-3-2-12-21-18(17)13-4-6-14(7-5-13)19(23)22-16-10-8-15(20)9-11-16/h2-12H,1H3,(H,22,23). The quantitative estimate of drug-likeness (QED) is 0.752. The summed E-state index contributed by atoms with van der Waals surface area (Å²) < 4.78 is 5.31. The molecule has 0 aliphatic heterocycles. The minimum Gasteiger partial charge on any atom is -0.494 e. The van der Waals surface area contributed by atoms with Gasteiger partial charge in [-0.25, -0.2) is 0 Å². The summed E-state index contributed by atoms with van der Waals surface area (Å²) in [7, 11) is 1.61. The molecule has 5 heteroatoms. The number of anilines is 1. The van der Waals surface area contributed by atoms with Gasteiger partial charge in [-0.05, 0) is 48.5 Å². The van der Waals surface area contributed by atoms with Crippen molar-refractivity contribution in [3.8, 4) is 17.0 Å². The number of nitrogens with one attached hydrogen (secondary N) is 1. The Hall–Kier alpha value is -2.85. The van der Waals surface area contributed by atoms with Gasteiger partial charge in [-0.2, -0.15) is 0 Å². The van der Waals surface area contributed by atoms with Gasteiger partial charge < -0.3 is 10.1 Å². The second kappa shape index (κ2) is 7.15. The first-order chi connectivity index (χ1) is 11.7. The van der Waals surface area contributed by atoms with Crippen LogP contribution in [-0.4, -0.2) is 18.0 Å². The first-order valence-corrected chi connectivity index (χ1v) is 7.71. The SMILES string of the molecule is COc1cccnc1-c1ccc(C(=O)Nc2ccc(Cl)cc2)cc1. The molecule has 1 amide bonds. The number of carbonyl (C=O) groups is 1. The molecule has 0 aliphatic carbocycles. The molecule has 0 saturated carbocycles. The lowest BCUT2D eigenvalue weighted by Crippen LogP contribution is -2.11. The lowest BCUT2D eigenvalue weighted by molar-refractivity contribution is 0.102. The Balaban J connectivity index is 1.79. The van der Waals surface area contributed by atoms with Gasteiger partial charge in [0.05, 0.1) is 7.11 Å². The van der Waals surface area contributed by atoms with E-state index in [1.165, 1.54) is 0 Å². The van der Waals surface area contributed by atoms with Crippen LogP contribution in [-0.2, 0) is 0 Å². The molecule has 3 aromatic rings. The fourth-order valence-electron chi connectivity index (χ4n) is 2.29. The largest absolute Gasteiger partial charge is 0.494 e. The fourth-order valence-corrected chi connectivity index (χ4v) is 2.41. The van der Waals surface area contributed by atoms with Crippen LogP contribution < -0.4 is 10.1 Å². The molecule has 0 fully saturated rings. The summed E-state index contributed by atoms with van der Waals surface area (Å²) in [6, 6.07) is 17.9. The van der Waals surface area contributed by atoms with Gasteiger partial charge in [-0.1, -0.05) is 23.7 Å². The highest BCUT2D eigenvalue weighted by Crippen LogP contribution is 2.27. The number of halogens is 1. The number of hydrogen-bond acceptors (Lipinski definition) is 3. The van der Waals surface area contributed by atoms with Gasteiger partial charge in [0, 0.05) is 28.0 Å². The van der Waals surface area contributed by atoms with Crippen LogP contribution in [0.2, 0.25) is 5.02 Å². The van der Waals surface area contributed by atoms with E-state index in [0.717, 1.165) is 11.3 Å². The zero-order chi connectivity index (χ0) is 16.9. The number of pyridine rings is 1. The van der Waals surface area contributed by atoms with Crippen LogP contribution in [0.3, 0.4) is 0 Å². The molecule has 4 nitrogen and oxygen atoms in total. The fraction of sp³-hybridized carbons (Fsp3) is 0.0526. The Bertz CT molecular complexity index is 846. The van der Waals surface area contributed by atoms with Crippen LogP contribution in [0.15, 0.2) is 66.9 Å². The summed E-state index contributed by atoms with van der Waals surface area (Å²) in [4.78, 5) is 16.6. The van der Waals surface area contributed by atoms with Gasteiger partial charge in [0.15, 0.2) is 0 Å². The van der Waals surface area contributed by atoms with Gasteiger partial charge in [-0.3, -0.25) is 9.78 Å². The van der Waals surface area contributed by atoms with Crippen LogP contribution >= 0.6 is 11.6 Å². The highest BCUT2D eigenvalue weighted by Gasteiger charge is 2.09. The molecule has 0 aliphatic rings. The molecule has 0 spiro atoms. The highest BCUT2D eigenvalue weighted by atomic mass is 35.5. The first-order valence-electron chi connectivity index (χ1n) is 7.34. The predicted molar refractivity (Wildman–Crippen MR) is 95.6 cm³/mol. The van der Waals surface area contributed by atoms with Crippen LogP contribution in [0.25, 0.3) is 11.3 Å². The molecule has 24 heavy (non-hydrogen) atoms. The number of methoxy groups -OCH3 is 1. The highest BCUT2D eigenvalue weighted by molar-refractivity contribution is 6.30. The van der Waals surface area contributed by atoms with Gasteiger partial charge in [0.2, 0.25) is 0 Å². The van der Waals surface area contributed by atoms with Crippen LogP contribution in [0.4, 0.5) is 5.69 Å². The van der Waals surface area contributed by atoms with E-state index in [0.29, 0.717) is 22.0 Å². The molecule has 2 aromatic carbocycles. The molecule has 0 saturated heterocycles. The molecule has 0 radical (unpaired) electrons. The van der Waals surface area contributed by atoms with Crippen molar-refractivity contribution in [2.24, 2.45) is 0 Å². The number of nitrogens with zero attached hydrogens (tertiary/aromatic N) is 1. The van der Waals surface area contributed by atoms with E-state index in [-0.39, 0.29) is 5.91 Å². The minimum absolute atomic E-state index is 0.183. The van der Waals surface area contributed by atoms with Gasteiger partial charge in [-0.15, -0.1) is 0 Å². The Morgan fingerprint density at radius 2 is 1.75 bits per heavy atom. The summed E-state index contributed by atoms with van der Waals surface area (Å²) in [5, 5.41) is 3.46. The van der Waals surface area contributed by atoms with Crippen molar-refractivity contribution < 1.29 is 9.53 Å². The number of benzene rings is 2. The molecule has 0 unspecified atom stereocenters. The average molecular weight is 339 g/mol. The van der Waals surface area contributed by atoms with E-state index < -0.39 is 0 Å². The van der Waals surface area contributed by atoms with Crippen molar-refractivity contribution in [3.05, 3.63) is 77.4 Å². The molecule has 1 N–H and O–H groups in total. The second-order valence-corrected chi connectivity index (χ2v) is 5.53. The third kappa shape index (κ3) is 3.55. The number of rotatable bonds is 4. The van der Waals surface area contributed by atoms with Crippen molar-refractivity contribution >= 4 is 23.2 Å². The predicted octanol–water partition coefficient (Wildman–Crippen LogP) is 4.66. The van der Waals surface area contributed by atoms with Crippen molar-refractivity contribution in [2.45, 2.75) is 0 Å². The van der Waals surface area contributed by atoms with Crippen LogP contribution in [0.5, 0.6) is 5.75 Å². The molecule has 3 rings (SSSR count). The third-order valence-corrected chi connectivity index (χ3v) is 3.77. The van der Waals surface area contributed by atoms with Gasteiger partial charge >= 0.3 is 0 Å². The summed E-state index contributed by atoms with van der Waals surface area (Å²) >= 11 is 5.84. The minimum atomic E-state index is -0.183. The van der Waals surface area contributed by atoms with E-state index >= 15 is 0 Å². The van der Waals surface area contributed by atoms with E-state index in [9.17, 15) is 4.79 Å². The topological polar surface area (TPSA) is 51.2 Å². The maximum Gasteiger partial charge on any atom is 0.255 e. The van der Waals surface area contributed by atoms with E-state index in [2.05, 4.69) is 10.3 Å². The number of amides is 1. The van der Waals surface area contributed by atoms with E-state index in [1.54, 1.807) is 49.7 Å². The summed E-state index contributed by atoms with van der Waals surface area (Å²) in [6.07, 6.45) is 1.71. The number of carbonyl (C=O) groups excluding carboxylic acids is 1. The number of aromatic nitrogens is 1. The van der Waals surface area contributed by atoms with E-state index in [4.69, 9.17) is 16.3 Å². The first kappa shape index (κ1) is 16.0. The van der Waals surface area contributed by atoms with Crippen molar-refractivity contribution in [2.75, 3.05) is 12.4 Å². The maximum atomic E-state index is 12.3.